The second-order valence-corrected chi connectivity index (χ2v) is 5.77. The standard InChI is InChI=1S/C15H19BrFN/c16-13-8-6-12(7-9-13)10-14(17)11-18-15-4-2-1-3-5-15/h6-10,15,18H,1-5,11H2/b14-10-. The molecule has 1 N–H and O–H groups in total. The third-order valence-corrected chi connectivity index (χ3v) is 3.89. The average molecular weight is 312 g/mol. The van der Waals surface area contributed by atoms with Gasteiger partial charge in [0.05, 0.1) is 0 Å². The van der Waals surface area contributed by atoms with E-state index < -0.39 is 0 Å². The van der Waals surface area contributed by atoms with Crippen LogP contribution >= 0.6 is 15.9 Å². The molecule has 1 aliphatic rings. The first-order valence-electron chi connectivity index (χ1n) is 6.59. The molecule has 0 spiro atoms. The summed E-state index contributed by atoms with van der Waals surface area (Å²) in [5.74, 6) is -0.0945. The molecule has 18 heavy (non-hydrogen) atoms. The third-order valence-electron chi connectivity index (χ3n) is 3.36. The van der Waals surface area contributed by atoms with E-state index in [0.29, 0.717) is 12.6 Å². The molecule has 0 aromatic heterocycles. The molecule has 0 saturated heterocycles. The Balaban J connectivity index is 1.83. The van der Waals surface area contributed by atoms with Crippen LogP contribution in [0.1, 0.15) is 37.7 Å². The van der Waals surface area contributed by atoms with E-state index in [4.69, 9.17) is 0 Å². The summed E-state index contributed by atoms with van der Waals surface area (Å²) in [5, 5.41) is 3.30. The maximum Gasteiger partial charge on any atom is 0.114 e. The molecule has 0 bridgehead atoms. The van der Waals surface area contributed by atoms with Crippen molar-refractivity contribution in [3.8, 4) is 0 Å². The molecule has 0 unspecified atom stereocenters. The fourth-order valence-electron chi connectivity index (χ4n) is 2.34. The van der Waals surface area contributed by atoms with Gasteiger partial charge < -0.3 is 5.32 Å². The summed E-state index contributed by atoms with van der Waals surface area (Å²) < 4.78 is 14.7. The van der Waals surface area contributed by atoms with Crippen LogP contribution in [0.5, 0.6) is 0 Å². The molecule has 1 aromatic rings. The van der Waals surface area contributed by atoms with E-state index in [1.807, 2.05) is 24.3 Å². The molecular weight excluding hydrogens is 293 g/mol. The minimum Gasteiger partial charge on any atom is -0.308 e. The van der Waals surface area contributed by atoms with Crippen molar-refractivity contribution < 1.29 is 4.39 Å². The molecule has 1 fully saturated rings. The molecule has 0 atom stereocenters. The lowest BCUT2D eigenvalue weighted by Gasteiger charge is -2.22. The SMILES string of the molecule is F/C(=C\c1ccc(Br)cc1)CNC1CCCCC1. The van der Waals surface area contributed by atoms with Crippen molar-refractivity contribution in [3.05, 3.63) is 40.1 Å². The van der Waals surface area contributed by atoms with Gasteiger partial charge in [0.15, 0.2) is 0 Å². The van der Waals surface area contributed by atoms with Crippen molar-refractivity contribution in [1.82, 2.24) is 5.32 Å². The monoisotopic (exact) mass is 311 g/mol. The first-order chi connectivity index (χ1) is 8.74. The highest BCUT2D eigenvalue weighted by Crippen LogP contribution is 2.18. The molecule has 1 saturated carbocycles. The number of hydrogen-bond acceptors (Lipinski definition) is 1. The van der Waals surface area contributed by atoms with E-state index in [0.717, 1.165) is 10.0 Å². The van der Waals surface area contributed by atoms with Crippen LogP contribution in [-0.2, 0) is 0 Å². The highest BCUT2D eigenvalue weighted by molar-refractivity contribution is 9.10. The van der Waals surface area contributed by atoms with E-state index >= 15 is 0 Å². The molecule has 2 rings (SSSR count). The van der Waals surface area contributed by atoms with Gasteiger partial charge >= 0.3 is 0 Å². The Bertz CT molecular complexity index is 393. The van der Waals surface area contributed by atoms with E-state index in [1.165, 1.54) is 32.1 Å². The Morgan fingerprint density at radius 2 is 1.89 bits per heavy atom. The molecule has 98 valence electrons. The minimum atomic E-state index is -0.0945. The highest BCUT2D eigenvalue weighted by atomic mass is 79.9. The van der Waals surface area contributed by atoms with Gasteiger partial charge in [-0.1, -0.05) is 47.3 Å². The lowest BCUT2D eigenvalue weighted by atomic mass is 9.95. The summed E-state index contributed by atoms with van der Waals surface area (Å²) in [6.45, 7) is 0.348. The van der Waals surface area contributed by atoms with Crippen LogP contribution in [0.3, 0.4) is 0 Å². The molecule has 0 heterocycles. The van der Waals surface area contributed by atoms with Crippen molar-refractivity contribution in [2.45, 2.75) is 38.1 Å². The first kappa shape index (κ1) is 13.8. The number of benzene rings is 1. The minimum absolute atomic E-state index is 0.0945. The second-order valence-electron chi connectivity index (χ2n) is 4.86. The van der Waals surface area contributed by atoms with Crippen LogP contribution in [0.4, 0.5) is 4.39 Å². The molecule has 1 nitrogen and oxygen atoms in total. The van der Waals surface area contributed by atoms with Crippen LogP contribution in [0, 0.1) is 0 Å². The van der Waals surface area contributed by atoms with Gasteiger partial charge in [-0.2, -0.15) is 0 Å². The number of rotatable bonds is 4. The smallest absolute Gasteiger partial charge is 0.114 e. The van der Waals surface area contributed by atoms with Crippen LogP contribution in [0.15, 0.2) is 34.6 Å². The molecule has 0 aliphatic heterocycles. The summed E-state index contributed by atoms with van der Waals surface area (Å²) in [5.41, 5.74) is 0.904. The molecule has 3 heteroatoms. The molecule has 0 radical (unpaired) electrons. The number of halogens is 2. The molecule has 1 aliphatic carbocycles. The van der Waals surface area contributed by atoms with Gasteiger partial charge in [0, 0.05) is 17.1 Å². The summed E-state index contributed by atoms with van der Waals surface area (Å²) in [6.07, 6.45) is 7.85. The van der Waals surface area contributed by atoms with Crippen molar-refractivity contribution in [3.63, 3.8) is 0 Å². The first-order valence-corrected chi connectivity index (χ1v) is 7.38. The van der Waals surface area contributed by atoms with Crippen molar-refractivity contribution in [2.24, 2.45) is 0 Å². The van der Waals surface area contributed by atoms with Crippen molar-refractivity contribution >= 4 is 22.0 Å². The quantitative estimate of drug-likeness (QED) is 0.851. The molecule has 1 aromatic carbocycles. The van der Waals surface area contributed by atoms with Gasteiger partial charge in [-0.15, -0.1) is 0 Å². The van der Waals surface area contributed by atoms with Crippen molar-refractivity contribution in [1.29, 1.82) is 0 Å². The average Bonchev–Trinajstić information content (AvgIpc) is 2.40. The Kier molecular flexibility index (Phi) is 5.39. The van der Waals surface area contributed by atoms with Crippen LogP contribution in [0.25, 0.3) is 6.08 Å². The van der Waals surface area contributed by atoms with E-state index in [-0.39, 0.29) is 5.83 Å². The Labute approximate surface area is 117 Å². The van der Waals surface area contributed by atoms with Gasteiger partial charge in [-0.3, -0.25) is 0 Å². The fraction of sp³-hybridized carbons (Fsp3) is 0.467. The largest absolute Gasteiger partial charge is 0.308 e. The predicted octanol–water partition coefficient (Wildman–Crippen LogP) is 4.68. The molecular formula is C15H19BrFN. The lowest BCUT2D eigenvalue weighted by Crippen LogP contribution is -2.31. The maximum absolute atomic E-state index is 13.7. The Morgan fingerprint density at radius 3 is 2.56 bits per heavy atom. The Hall–Kier alpha value is -0.670. The summed E-state index contributed by atoms with van der Waals surface area (Å²) in [7, 11) is 0. The van der Waals surface area contributed by atoms with Crippen LogP contribution in [-0.4, -0.2) is 12.6 Å². The maximum atomic E-state index is 13.7. The number of hydrogen-bond donors (Lipinski definition) is 1. The van der Waals surface area contributed by atoms with Gasteiger partial charge in [-0.25, -0.2) is 4.39 Å². The van der Waals surface area contributed by atoms with Gasteiger partial charge in [0.1, 0.15) is 5.83 Å². The van der Waals surface area contributed by atoms with E-state index in [9.17, 15) is 4.39 Å². The number of nitrogens with one attached hydrogen (secondary N) is 1. The van der Waals surface area contributed by atoms with Crippen molar-refractivity contribution in [2.75, 3.05) is 6.54 Å². The summed E-state index contributed by atoms with van der Waals surface area (Å²) >= 11 is 3.37. The normalized spacial score (nSPS) is 18.0. The van der Waals surface area contributed by atoms with Gasteiger partial charge in [0.25, 0.3) is 0 Å². The van der Waals surface area contributed by atoms with Gasteiger partial charge in [0.2, 0.25) is 0 Å². The third kappa shape index (κ3) is 4.54. The zero-order valence-corrected chi connectivity index (χ0v) is 12.0. The zero-order chi connectivity index (χ0) is 12.8. The zero-order valence-electron chi connectivity index (χ0n) is 10.5. The van der Waals surface area contributed by atoms with Crippen LogP contribution in [0.2, 0.25) is 0 Å². The molecule has 0 amide bonds. The summed E-state index contributed by atoms with van der Waals surface area (Å²) in [6, 6.07) is 8.17. The van der Waals surface area contributed by atoms with Gasteiger partial charge in [-0.05, 0) is 36.6 Å². The second kappa shape index (κ2) is 7.05. The lowest BCUT2D eigenvalue weighted by molar-refractivity contribution is 0.374. The highest BCUT2D eigenvalue weighted by Gasteiger charge is 2.12. The van der Waals surface area contributed by atoms with Crippen LogP contribution < -0.4 is 5.32 Å². The topological polar surface area (TPSA) is 12.0 Å². The fourth-order valence-corrected chi connectivity index (χ4v) is 2.60. The Morgan fingerprint density at radius 1 is 1.22 bits per heavy atom. The van der Waals surface area contributed by atoms with E-state index in [2.05, 4.69) is 21.2 Å². The summed E-state index contributed by atoms with van der Waals surface area (Å²) in [4.78, 5) is 0. The predicted molar refractivity (Wildman–Crippen MR) is 78.1 cm³/mol. The van der Waals surface area contributed by atoms with E-state index in [1.54, 1.807) is 6.08 Å².